The zero-order chi connectivity index (χ0) is 11.1. The second-order valence-corrected chi connectivity index (χ2v) is 15.6. The molecule has 3 rings (SSSR count). The zero-order valence-corrected chi connectivity index (χ0v) is 17.2. The quantitative estimate of drug-likeness (QED) is 0.299. The van der Waals surface area contributed by atoms with Gasteiger partial charge in [-0.1, -0.05) is 0 Å². The van der Waals surface area contributed by atoms with Gasteiger partial charge >= 0.3 is 145 Å². The van der Waals surface area contributed by atoms with E-state index >= 15 is 0 Å². The van der Waals surface area contributed by atoms with Gasteiger partial charge in [0.2, 0.25) is 0 Å². The van der Waals surface area contributed by atoms with Crippen LogP contribution in [0.2, 0.25) is 10.6 Å². The Labute approximate surface area is 143 Å². The van der Waals surface area contributed by atoms with Crippen molar-refractivity contribution in [2.75, 3.05) is 0 Å². The van der Waals surface area contributed by atoms with Crippen LogP contribution in [-0.2, 0) is 0 Å². The Balaban J connectivity index is 1.79. The number of hydrogen-bond acceptors (Lipinski definition) is 4. The number of thioether (sulfide) groups is 4. The molecule has 0 radical (unpaired) electrons. The van der Waals surface area contributed by atoms with E-state index in [4.69, 9.17) is 11.6 Å². The van der Waals surface area contributed by atoms with Crippen molar-refractivity contribution < 1.29 is 0 Å². The van der Waals surface area contributed by atoms with Crippen molar-refractivity contribution in [1.29, 1.82) is 0 Å². The summed E-state index contributed by atoms with van der Waals surface area (Å²) in [6.07, 6.45) is 0. The Hall–Kier alpha value is 2.68. The molecule has 0 fully saturated rings. The van der Waals surface area contributed by atoms with Gasteiger partial charge in [-0.2, -0.15) is 0 Å². The second-order valence-electron chi connectivity index (χ2n) is 2.80. The van der Waals surface area contributed by atoms with E-state index in [1.165, 1.54) is 22.0 Å². The minimum absolute atomic E-state index is 0.758. The molecule has 0 amide bonds. The summed E-state index contributed by atoms with van der Waals surface area (Å²) in [7, 11) is 0. The van der Waals surface area contributed by atoms with Crippen LogP contribution >= 0.6 is 81.2 Å². The number of rotatable bonds is 0. The van der Waals surface area contributed by atoms with Crippen LogP contribution in [0.15, 0.2) is 23.4 Å². The van der Waals surface area contributed by atoms with Gasteiger partial charge in [-0.3, -0.25) is 0 Å². The molecule has 8 heteroatoms. The second kappa shape index (κ2) is 5.98. The molecule has 3 aliphatic rings. The Bertz CT molecular complexity index is 409. The monoisotopic (exact) mass is 550 g/mol. The normalized spacial score (nSPS) is 25.9. The first-order chi connectivity index (χ1) is 7.74. The first kappa shape index (κ1) is 13.7. The van der Waals surface area contributed by atoms with E-state index in [9.17, 15) is 0 Å². The summed E-state index contributed by atoms with van der Waals surface area (Å²) in [6.45, 7) is 0. The maximum absolute atomic E-state index is 6.14. The van der Waals surface area contributed by atoms with Gasteiger partial charge in [0.25, 0.3) is 0 Å². The molecule has 0 N–H and O–H groups in total. The molecule has 16 heavy (non-hydrogen) atoms. The first-order valence-electron chi connectivity index (χ1n) is 4.25. The Kier molecular flexibility index (Phi) is 5.10. The van der Waals surface area contributed by atoms with Crippen molar-refractivity contribution in [2.45, 2.75) is 10.6 Å². The van der Waals surface area contributed by atoms with E-state index < -0.39 is 0 Å². The van der Waals surface area contributed by atoms with Gasteiger partial charge in [-0.05, 0) is 0 Å². The van der Waals surface area contributed by atoms with Crippen molar-refractivity contribution in [3.63, 3.8) is 0 Å². The molecule has 0 spiro atoms. The first-order valence-corrected chi connectivity index (χ1v) is 13.1. The average Bonchev–Trinajstić information content (AvgIpc) is 2.83. The van der Waals surface area contributed by atoms with Gasteiger partial charge < -0.3 is 0 Å². The van der Waals surface area contributed by atoms with Gasteiger partial charge in [0.05, 0.1) is 0 Å². The Morgan fingerprint density at radius 3 is 2.00 bits per heavy atom. The fourth-order valence-corrected chi connectivity index (χ4v) is 16.6. The summed E-state index contributed by atoms with van der Waals surface area (Å²) < 4.78 is 8.51. The molecule has 0 unspecified atom stereocenters. The van der Waals surface area contributed by atoms with Crippen LogP contribution in [0.3, 0.4) is 0 Å². The molecular weight excluding hydrogens is 545 g/mol. The molecule has 0 bridgehead atoms. The van der Waals surface area contributed by atoms with Crippen LogP contribution in [0, 0.1) is 0 Å². The molecule has 0 atom stereocenters. The van der Waals surface area contributed by atoms with Crippen molar-refractivity contribution in [3.8, 4) is 0 Å². The van der Waals surface area contributed by atoms with E-state index in [0.717, 1.165) is 34.3 Å². The molecule has 0 nitrogen and oxygen atoms in total. The van der Waals surface area contributed by atoms with Crippen molar-refractivity contribution in [1.82, 2.24) is 0 Å². The minimum atomic E-state index is 0.758. The number of hydrogen-bond donors (Lipinski definition) is 0. The average molecular weight is 549 g/mol. The molecule has 0 aromatic heterocycles. The van der Waals surface area contributed by atoms with Crippen LogP contribution in [0.25, 0.3) is 0 Å². The SMILES string of the molecule is ClC1=C(I)SC(=C2SC3=C(S2)[Se]CC[Se]3)S1. The molecule has 0 saturated heterocycles. The third kappa shape index (κ3) is 2.89. The van der Waals surface area contributed by atoms with E-state index in [0.29, 0.717) is 0 Å². The molecule has 3 aliphatic heterocycles. The molecule has 86 valence electrons. The van der Waals surface area contributed by atoms with Crippen molar-refractivity contribution in [2.24, 2.45) is 0 Å². The number of halogens is 2. The fraction of sp³-hybridized carbons (Fsp3) is 0.250. The summed E-state index contributed by atoms with van der Waals surface area (Å²) >= 11 is 17.6. The van der Waals surface area contributed by atoms with Crippen LogP contribution in [0.1, 0.15) is 0 Å². The Morgan fingerprint density at radius 1 is 0.938 bits per heavy atom. The van der Waals surface area contributed by atoms with Crippen LogP contribution in [0.4, 0.5) is 0 Å². The van der Waals surface area contributed by atoms with Crippen molar-refractivity contribution in [3.05, 3.63) is 23.4 Å². The topological polar surface area (TPSA) is 0 Å². The third-order valence-corrected chi connectivity index (χ3v) is 17.6. The van der Waals surface area contributed by atoms with Gasteiger partial charge in [-0.15, -0.1) is 0 Å². The molecule has 0 aliphatic carbocycles. The maximum atomic E-state index is 6.14. The standard InChI is InChI=1S/C8H4ClIS4Se2/c9-3-4(10)12-5(11-3)6-13-7-8(14-6)16-2-1-15-7/h1-2H2. The summed E-state index contributed by atoms with van der Waals surface area (Å²) in [5.41, 5.74) is 0. The summed E-state index contributed by atoms with van der Waals surface area (Å²) in [5, 5.41) is 2.91. The predicted octanol–water partition coefficient (Wildman–Crippen LogP) is 5.26. The van der Waals surface area contributed by atoms with Crippen molar-refractivity contribution >= 4 is 111 Å². The zero-order valence-electron chi connectivity index (χ0n) is 7.62. The third-order valence-electron chi connectivity index (χ3n) is 1.77. The molecular formula is C8H4ClIS4Se2. The molecule has 3 heterocycles. The van der Waals surface area contributed by atoms with Crippen LogP contribution in [-0.4, -0.2) is 29.9 Å². The summed E-state index contributed by atoms with van der Waals surface area (Å²) in [5.74, 6) is 0. The summed E-state index contributed by atoms with van der Waals surface area (Å²) in [6, 6.07) is 0. The van der Waals surface area contributed by atoms with E-state index in [1.807, 2.05) is 35.3 Å². The van der Waals surface area contributed by atoms with E-state index in [2.05, 4.69) is 22.6 Å². The Morgan fingerprint density at radius 2 is 1.50 bits per heavy atom. The fourth-order valence-electron chi connectivity index (χ4n) is 1.15. The van der Waals surface area contributed by atoms with Gasteiger partial charge in [-0.25, -0.2) is 0 Å². The molecule has 0 aromatic carbocycles. The van der Waals surface area contributed by atoms with Gasteiger partial charge in [0.1, 0.15) is 0 Å². The summed E-state index contributed by atoms with van der Waals surface area (Å²) in [4.78, 5) is 0. The predicted molar refractivity (Wildman–Crippen MR) is 92.4 cm³/mol. The van der Waals surface area contributed by atoms with E-state index in [1.54, 1.807) is 19.4 Å². The van der Waals surface area contributed by atoms with Gasteiger partial charge in [0.15, 0.2) is 0 Å². The van der Waals surface area contributed by atoms with Crippen LogP contribution in [0.5, 0.6) is 0 Å². The van der Waals surface area contributed by atoms with Crippen LogP contribution < -0.4 is 0 Å². The van der Waals surface area contributed by atoms with Gasteiger partial charge in [0, 0.05) is 0 Å². The molecule has 0 saturated carbocycles. The molecule has 0 aromatic rings. The van der Waals surface area contributed by atoms with E-state index in [-0.39, 0.29) is 0 Å².